The van der Waals surface area contributed by atoms with E-state index < -0.39 is 34.1 Å². The monoisotopic (exact) mass is 741 g/mol. The maximum atomic E-state index is 14.2. The largest absolute Gasteiger partial charge is 0.411 e. The number of sulfonamides is 1. The van der Waals surface area contributed by atoms with E-state index >= 15 is 0 Å². The lowest BCUT2D eigenvalue weighted by atomic mass is 9.97. The van der Waals surface area contributed by atoms with E-state index in [4.69, 9.17) is 5.21 Å². The second-order valence-corrected chi connectivity index (χ2v) is 16.8. The molecule has 1 aliphatic heterocycles. The van der Waals surface area contributed by atoms with Crippen LogP contribution in [0, 0.1) is 11.8 Å². The molecule has 3 aromatic rings. The van der Waals surface area contributed by atoms with Crippen LogP contribution in [0.2, 0.25) is 0 Å². The summed E-state index contributed by atoms with van der Waals surface area (Å²) < 4.78 is 29.0. The lowest BCUT2D eigenvalue weighted by Crippen LogP contribution is -2.57. The first-order chi connectivity index (χ1) is 24.2. The van der Waals surface area contributed by atoms with Crippen LogP contribution in [0.1, 0.15) is 49.5 Å². The second-order valence-electron chi connectivity index (χ2n) is 14.0. The van der Waals surface area contributed by atoms with Gasteiger partial charge in [-0.25, -0.2) is 18.2 Å². The Kier molecular flexibility index (Phi) is 14.1. The number of hydrogen-bond donors (Lipinski definition) is 3. The van der Waals surface area contributed by atoms with Gasteiger partial charge in [0.05, 0.1) is 35.5 Å². The number of rotatable bonds is 18. The van der Waals surface area contributed by atoms with Gasteiger partial charge in [0.1, 0.15) is 11.0 Å². The zero-order valence-corrected chi connectivity index (χ0v) is 31.8. The molecule has 0 radical (unpaired) electrons. The van der Waals surface area contributed by atoms with Gasteiger partial charge >= 0.3 is 6.03 Å². The number of nitrogens with one attached hydrogen (secondary N) is 1. The fourth-order valence-electron chi connectivity index (χ4n) is 6.15. The predicted octanol–water partition coefficient (Wildman–Crippen LogP) is 3.71. The molecule has 13 nitrogen and oxygen atoms in total. The maximum Gasteiger partial charge on any atom is 0.321 e. The van der Waals surface area contributed by atoms with E-state index in [1.165, 1.54) is 34.8 Å². The Morgan fingerprint density at radius 1 is 1.06 bits per heavy atom. The van der Waals surface area contributed by atoms with E-state index in [2.05, 4.69) is 15.5 Å². The molecule has 15 heteroatoms. The Labute approximate surface area is 305 Å². The van der Waals surface area contributed by atoms with E-state index in [9.17, 15) is 23.1 Å². The highest BCUT2D eigenvalue weighted by Gasteiger charge is 2.40. The second kappa shape index (κ2) is 18.0. The third-order valence-electron chi connectivity index (χ3n) is 8.54. The van der Waals surface area contributed by atoms with Crippen molar-refractivity contribution in [1.29, 1.82) is 0 Å². The molecule has 3 amide bonds. The zero-order chi connectivity index (χ0) is 37.3. The summed E-state index contributed by atoms with van der Waals surface area (Å²) >= 11 is 1.55. The summed E-state index contributed by atoms with van der Waals surface area (Å²) in [7, 11) is -0.103. The molecule has 278 valence electrons. The molecule has 1 fully saturated rings. The van der Waals surface area contributed by atoms with Crippen LogP contribution >= 0.6 is 11.3 Å². The molecule has 0 unspecified atom stereocenters. The number of benzene rings is 2. The van der Waals surface area contributed by atoms with Crippen LogP contribution in [-0.4, -0.2) is 119 Å². The fraction of sp³-hybridized carbons (Fsp3) is 0.500. The molecule has 1 saturated heterocycles. The summed E-state index contributed by atoms with van der Waals surface area (Å²) in [5, 5.41) is 29.5. The van der Waals surface area contributed by atoms with Crippen LogP contribution in [0.15, 0.2) is 70.0 Å². The number of aliphatic hydroxyl groups excluding tert-OH is 1. The van der Waals surface area contributed by atoms with Crippen LogP contribution in [0.3, 0.4) is 0 Å². The summed E-state index contributed by atoms with van der Waals surface area (Å²) in [6.07, 6.45) is 0.148. The SMILES string of the molecule is CC(C)CN(C[C@@H](O)[C@H](Cc1ccccc1)NC(=O)[C@H](C(C)C)N1CCN(Cc2csc(CN(C)C)n2)C1=O)S(=O)(=O)c1ccc(/C=N/O)cc1. The third kappa shape index (κ3) is 10.8. The Balaban J connectivity index is 1.55. The Bertz CT molecular complexity index is 1710. The molecule has 0 saturated carbocycles. The minimum Gasteiger partial charge on any atom is -0.411 e. The van der Waals surface area contributed by atoms with Crippen molar-refractivity contribution in [3.63, 3.8) is 0 Å². The van der Waals surface area contributed by atoms with Crippen LogP contribution in [0.4, 0.5) is 4.79 Å². The number of amides is 3. The minimum atomic E-state index is -4.06. The fourth-order valence-corrected chi connectivity index (χ4v) is 8.67. The van der Waals surface area contributed by atoms with Gasteiger partial charge in [0.15, 0.2) is 0 Å². The summed E-state index contributed by atoms with van der Waals surface area (Å²) in [5.74, 6) is -0.721. The highest BCUT2D eigenvalue weighted by Crippen LogP contribution is 2.23. The van der Waals surface area contributed by atoms with Gasteiger partial charge in [0.2, 0.25) is 15.9 Å². The molecular weight excluding hydrogens is 691 g/mol. The first kappa shape index (κ1) is 39.9. The van der Waals surface area contributed by atoms with Gasteiger partial charge in [-0.1, -0.05) is 75.3 Å². The normalized spacial score (nSPS) is 15.9. The Morgan fingerprint density at radius 2 is 1.75 bits per heavy atom. The number of hydrogen-bond acceptors (Lipinski definition) is 10. The van der Waals surface area contributed by atoms with Crippen molar-refractivity contribution in [3.8, 4) is 0 Å². The lowest BCUT2D eigenvalue weighted by molar-refractivity contribution is -0.128. The molecule has 3 atom stereocenters. The molecule has 1 aliphatic rings. The van der Waals surface area contributed by atoms with E-state index in [0.717, 1.165) is 16.3 Å². The standard InChI is InChI=1S/C36H51N7O6S2/c1-25(2)20-42(51(48,49)30-14-12-28(13-15-30)19-37-47)22-32(44)31(18-27-10-8-7-9-11-27)39-35(45)34(26(3)4)43-17-16-41(36(43)46)21-29-24-50-33(38-29)23-40(5)6/h7-15,19,24-26,31-32,34,44,47H,16-18,20-23H2,1-6H3,(H,39,45)/b37-19+/t31-,32+,34-/m0/s1. The number of aromatic nitrogens is 1. The number of aliphatic hydroxyl groups is 1. The molecule has 0 bridgehead atoms. The van der Waals surface area contributed by atoms with Gasteiger partial charge in [-0.15, -0.1) is 11.3 Å². The van der Waals surface area contributed by atoms with Gasteiger partial charge in [-0.05, 0) is 55.6 Å². The molecule has 4 rings (SSSR count). The first-order valence-corrected chi connectivity index (χ1v) is 19.4. The Morgan fingerprint density at radius 3 is 2.35 bits per heavy atom. The van der Waals surface area contributed by atoms with E-state index in [0.29, 0.717) is 31.7 Å². The van der Waals surface area contributed by atoms with Crippen LogP contribution in [-0.2, 0) is 34.3 Å². The van der Waals surface area contributed by atoms with Crippen LogP contribution in [0.25, 0.3) is 0 Å². The van der Waals surface area contributed by atoms with E-state index in [1.807, 2.05) is 82.4 Å². The summed E-state index contributed by atoms with van der Waals surface area (Å²) in [5.41, 5.74) is 2.18. The quantitative estimate of drug-likeness (QED) is 0.101. The van der Waals surface area contributed by atoms with Gasteiger partial charge in [0, 0.05) is 38.1 Å². The van der Waals surface area contributed by atoms with Crippen molar-refractivity contribution in [2.45, 2.75) is 70.3 Å². The molecule has 0 spiro atoms. The van der Waals surface area contributed by atoms with Crippen molar-refractivity contribution in [3.05, 3.63) is 81.8 Å². The third-order valence-corrected chi connectivity index (χ3v) is 11.3. The number of carbonyl (C=O) groups is 2. The van der Waals surface area contributed by atoms with Crippen molar-refractivity contribution in [2.24, 2.45) is 17.0 Å². The number of urea groups is 1. The number of carbonyl (C=O) groups excluding carboxylic acids is 2. The summed E-state index contributed by atoms with van der Waals surface area (Å²) in [4.78, 5) is 37.9. The predicted molar refractivity (Wildman–Crippen MR) is 198 cm³/mol. The summed E-state index contributed by atoms with van der Waals surface area (Å²) in [6, 6.07) is 13.3. The number of nitrogens with zero attached hydrogens (tertiary/aromatic N) is 6. The molecule has 0 aliphatic carbocycles. The van der Waals surface area contributed by atoms with Crippen LogP contribution in [0.5, 0.6) is 0 Å². The van der Waals surface area contributed by atoms with Crippen molar-refractivity contribution in [1.82, 2.24) is 29.3 Å². The highest BCUT2D eigenvalue weighted by molar-refractivity contribution is 7.89. The molecule has 2 aromatic carbocycles. The topological polar surface area (TPSA) is 159 Å². The average Bonchev–Trinajstić information content (AvgIpc) is 3.66. The van der Waals surface area contributed by atoms with Crippen molar-refractivity contribution in [2.75, 3.05) is 40.3 Å². The summed E-state index contributed by atoms with van der Waals surface area (Å²) in [6.45, 7) is 9.26. The molecule has 1 aromatic heterocycles. The molecule has 3 N–H and O–H groups in total. The smallest absolute Gasteiger partial charge is 0.321 e. The van der Waals surface area contributed by atoms with Crippen molar-refractivity contribution >= 4 is 39.5 Å². The lowest BCUT2D eigenvalue weighted by Gasteiger charge is -2.34. The molecular formula is C36H51N7O6S2. The first-order valence-electron chi connectivity index (χ1n) is 17.1. The van der Waals surface area contributed by atoms with Gasteiger partial charge < -0.3 is 30.3 Å². The average molecular weight is 742 g/mol. The van der Waals surface area contributed by atoms with Gasteiger partial charge in [-0.2, -0.15) is 4.31 Å². The Hall–Kier alpha value is -3.89. The van der Waals surface area contributed by atoms with E-state index in [1.54, 1.807) is 21.1 Å². The van der Waals surface area contributed by atoms with Crippen LogP contribution < -0.4 is 5.32 Å². The van der Waals surface area contributed by atoms with E-state index in [-0.39, 0.29) is 42.3 Å². The zero-order valence-electron chi connectivity index (χ0n) is 30.2. The van der Waals surface area contributed by atoms with Gasteiger partial charge in [0.25, 0.3) is 0 Å². The number of oxime groups is 1. The van der Waals surface area contributed by atoms with Gasteiger partial charge in [-0.3, -0.25) is 4.79 Å². The van der Waals surface area contributed by atoms with Crippen molar-refractivity contribution < 1.29 is 28.3 Å². The maximum absolute atomic E-state index is 14.2. The number of thiazole rings is 1. The highest BCUT2D eigenvalue weighted by atomic mass is 32.2. The molecule has 51 heavy (non-hydrogen) atoms. The minimum absolute atomic E-state index is 0.0256. The molecule has 2 heterocycles.